The van der Waals surface area contributed by atoms with Gasteiger partial charge in [-0.15, -0.1) is 0 Å². The van der Waals surface area contributed by atoms with Gasteiger partial charge < -0.3 is 9.84 Å². The predicted molar refractivity (Wildman–Crippen MR) is 45.7 cm³/mol. The molecule has 66 valence electrons. The number of nitrogens with zero attached hydrogens (tertiary/aromatic N) is 1. The van der Waals surface area contributed by atoms with Crippen molar-refractivity contribution in [3.05, 3.63) is 35.2 Å². The molecule has 0 aromatic heterocycles. The summed E-state index contributed by atoms with van der Waals surface area (Å²) in [5, 5.41) is 9.12. The number of ether oxygens (including phenoxy) is 1. The maximum absolute atomic E-state index is 11.0. The van der Waals surface area contributed by atoms with E-state index in [1.807, 2.05) is 0 Å². The molecule has 1 aromatic rings. The zero-order valence-corrected chi connectivity index (χ0v) is 6.94. The van der Waals surface area contributed by atoms with Crippen LogP contribution in [0.3, 0.4) is 0 Å². The Hall–Kier alpha value is -2.02. The Morgan fingerprint density at radius 3 is 2.85 bits per heavy atom. The Morgan fingerprint density at radius 1 is 1.62 bits per heavy atom. The summed E-state index contributed by atoms with van der Waals surface area (Å²) in [5.41, 5.74) is 0.300. The van der Waals surface area contributed by atoms with Crippen molar-refractivity contribution in [2.75, 3.05) is 7.11 Å². The summed E-state index contributed by atoms with van der Waals surface area (Å²) >= 11 is 0. The van der Waals surface area contributed by atoms with Crippen LogP contribution in [0.4, 0.5) is 5.69 Å². The van der Waals surface area contributed by atoms with Gasteiger partial charge in [0.05, 0.1) is 13.7 Å². The van der Waals surface area contributed by atoms with Crippen LogP contribution in [-0.4, -0.2) is 18.2 Å². The lowest BCUT2D eigenvalue weighted by Gasteiger charge is -2.00. The van der Waals surface area contributed by atoms with Crippen LogP contribution in [0.5, 0.6) is 5.75 Å². The fourth-order valence-electron chi connectivity index (χ4n) is 0.858. The Morgan fingerprint density at radius 2 is 2.31 bits per heavy atom. The molecule has 0 bridgehead atoms. The van der Waals surface area contributed by atoms with Crippen LogP contribution < -0.4 is 0 Å². The lowest BCUT2D eigenvalue weighted by atomic mass is 10.2. The Labute approximate surface area is 75.2 Å². The standard InChI is InChI=1S/C9H7NO3/c1-10-7-5-6(9(12)13-2)3-4-8(7)11/h3-5,11H,2H3. The fraction of sp³-hybridized carbons (Fsp3) is 0.111. The first-order valence-corrected chi connectivity index (χ1v) is 3.48. The van der Waals surface area contributed by atoms with Gasteiger partial charge in [0.15, 0.2) is 0 Å². The number of carbonyl (C=O) groups is 1. The van der Waals surface area contributed by atoms with E-state index in [0.717, 1.165) is 0 Å². The second-order valence-electron chi connectivity index (χ2n) is 2.31. The molecular weight excluding hydrogens is 170 g/mol. The number of esters is 1. The molecule has 4 nitrogen and oxygen atoms in total. The van der Waals surface area contributed by atoms with E-state index in [4.69, 9.17) is 11.7 Å². The zero-order chi connectivity index (χ0) is 9.84. The molecule has 1 N–H and O–H groups in total. The van der Waals surface area contributed by atoms with E-state index in [0.29, 0.717) is 0 Å². The van der Waals surface area contributed by atoms with E-state index >= 15 is 0 Å². The quantitative estimate of drug-likeness (QED) is 0.525. The predicted octanol–water partition coefficient (Wildman–Crippen LogP) is 1.73. The van der Waals surface area contributed by atoms with Gasteiger partial charge in [0, 0.05) is 5.56 Å². The minimum Gasteiger partial charge on any atom is -0.519 e. The molecule has 1 aromatic carbocycles. The molecule has 0 aliphatic carbocycles. The molecule has 0 aliphatic rings. The van der Waals surface area contributed by atoms with Crippen LogP contribution in [-0.2, 0) is 4.74 Å². The monoisotopic (exact) mass is 177 g/mol. The molecule has 0 heterocycles. The maximum Gasteiger partial charge on any atom is 0.336 e. The Balaban J connectivity index is 3.15. The van der Waals surface area contributed by atoms with E-state index < -0.39 is 5.97 Å². The van der Waals surface area contributed by atoms with Gasteiger partial charge in [-0.1, -0.05) is 0 Å². The van der Waals surface area contributed by atoms with Gasteiger partial charge in [0.1, 0.15) is 5.75 Å². The SMILES string of the molecule is [C-]#[N+]c1cc(C(=O)OC)ccc1O. The van der Waals surface area contributed by atoms with Crippen LogP contribution in [0.1, 0.15) is 10.4 Å². The number of benzene rings is 1. The lowest BCUT2D eigenvalue weighted by Crippen LogP contribution is -1.99. The highest BCUT2D eigenvalue weighted by atomic mass is 16.5. The molecule has 0 spiro atoms. The van der Waals surface area contributed by atoms with E-state index in [-0.39, 0.29) is 17.0 Å². The summed E-state index contributed by atoms with van der Waals surface area (Å²) < 4.78 is 4.45. The fourth-order valence-corrected chi connectivity index (χ4v) is 0.858. The van der Waals surface area contributed by atoms with Gasteiger partial charge in [-0.3, -0.25) is 0 Å². The maximum atomic E-state index is 11.0. The normalized spacial score (nSPS) is 8.92. The molecular formula is C9H7NO3. The second-order valence-corrected chi connectivity index (χ2v) is 2.31. The highest BCUT2D eigenvalue weighted by Crippen LogP contribution is 2.27. The summed E-state index contributed by atoms with van der Waals surface area (Å²) in [6, 6.07) is 3.98. The van der Waals surface area contributed by atoms with E-state index in [1.165, 1.54) is 25.3 Å². The van der Waals surface area contributed by atoms with Crippen molar-refractivity contribution < 1.29 is 14.6 Å². The summed E-state index contributed by atoms with van der Waals surface area (Å²) in [6.07, 6.45) is 0. The highest BCUT2D eigenvalue weighted by molar-refractivity contribution is 5.91. The first kappa shape index (κ1) is 9.07. The summed E-state index contributed by atoms with van der Waals surface area (Å²) in [7, 11) is 1.26. The molecule has 0 aliphatic heterocycles. The minimum atomic E-state index is -0.523. The van der Waals surface area contributed by atoms with Gasteiger partial charge >= 0.3 is 5.97 Å². The molecule has 0 unspecified atom stereocenters. The Bertz CT molecular complexity index is 379. The molecule has 4 heteroatoms. The van der Waals surface area contributed by atoms with Crippen molar-refractivity contribution >= 4 is 11.7 Å². The lowest BCUT2D eigenvalue weighted by molar-refractivity contribution is 0.0601. The van der Waals surface area contributed by atoms with Crippen LogP contribution in [0.2, 0.25) is 0 Å². The van der Waals surface area contributed by atoms with Crippen LogP contribution in [0.25, 0.3) is 4.85 Å². The number of methoxy groups -OCH3 is 1. The number of phenols is 1. The number of rotatable bonds is 1. The number of hydrogen-bond donors (Lipinski definition) is 1. The zero-order valence-electron chi connectivity index (χ0n) is 6.94. The van der Waals surface area contributed by atoms with Crippen LogP contribution in [0, 0.1) is 6.57 Å². The smallest absolute Gasteiger partial charge is 0.336 e. The van der Waals surface area contributed by atoms with Crippen molar-refractivity contribution in [2.45, 2.75) is 0 Å². The van der Waals surface area contributed by atoms with Gasteiger partial charge in [0.2, 0.25) is 5.69 Å². The Kier molecular flexibility index (Phi) is 2.50. The summed E-state index contributed by atoms with van der Waals surface area (Å²) in [5.74, 6) is -0.660. The molecule has 0 atom stereocenters. The highest BCUT2D eigenvalue weighted by Gasteiger charge is 2.08. The molecule has 0 radical (unpaired) electrons. The third-order valence-electron chi connectivity index (χ3n) is 1.52. The number of aromatic hydroxyl groups is 1. The van der Waals surface area contributed by atoms with Gasteiger partial charge in [-0.25, -0.2) is 9.64 Å². The summed E-state index contributed by atoms with van der Waals surface area (Å²) in [4.78, 5) is 14.0. The minimum absolute atomic E-state index is 0.0444. The number of carbonyl (C=O) groups excluding carboxylic acids is 1. The summed E-state index contributed by atoms with van der Waals surface area (Å²) in [6.45, 7) is 6.69. The van der Waals surface area contributed by atoms with Crippen molar-refractivity contribution in [1.82, 2.24) is 0 Å². The van der Waals surface area contributed by atoms with Gasteiger partial charge in [0.25, 0.3) is 0 Å². The molecule has 1 rings (SSSR count). The van der Waals surface area contributed by atoms with E-state index in [1.54, 1.807) is 0 Å². The number of phenolic OH excluding ortho intramolecular Hbond substituents is 1. The van der Waals surface area contributed by atoms with Gasteiger partial charge in [-0.2, -0.15) is 0 Å². The molecule has 13 heavy (non-hydrogen) atoms. The average Bonchev–Trinajstić information content (AvgIpc) is 2.17. The topological polar surface area (TPSA) is 50.9 Å². The first-order chi connectivity index (χ1) is 6.19. The van der Waals surface area contributed by atoms with Crippen molar-refractivity contribution in [3.63, 3.8) is 0 Å². The van der Waals surface area contributed by atoms with Crippen LogP contribution in [0.15, 0.2) is 18.2 Å². The average molecular weight is 177 g/mol. The molecule has 0 saturated carbocycles. The van der Waals surface area contributed by atoms with E-state index in [9.17, 15) is 4.79 Å². The third kappa shape index (κ3) is 1.76. The first-order valence-electron chi connectivity index (χ1n) is 3.48. The van der Waals surface area contributed by atoms with Crippen molar-refractivity contribution in [3.8, 4) is 5.75 Å². The second kappa shape index (κ2) is 3.59. The van der Waals surface area contributed by atoms with Crippen LogP contribution >= 0.6 is 0 Å². The molecule has 0 saturated heterocycles. The molecule has 0 amide bonds. The molecule has 0 fully saturated rings. The van der Waals surface area contributed by atoms with Crippen molar-refractivity contribution in [2.24, 2.45) is 0 Å². The largest absolute Gasteiger partial charge is 0.519 e. The number of hydrogen-bond acceptors (Lipinski definition) is 3. The van der Waals surface area contributed by atoms with Gasteiger partial charge in [-0.05, 0) is 18.2 Å². The third-order valence-corrected chi connectivity index (χ3v) is 1.52. The van der Waals surface area contributed by atoms with E-state index in [2.05, 4.69) is 9.58 Å². The van der Waals surface area contributed by atoms with Crippen molar-refractivity contribution in [1.29, 1.82) is 0 Å².